The van der Waals surface area contributed by atoms with Gasteiger partial charge in [0.05, 0.1) is 16.4 Å². The molecule has 0 saturated heterocycles. The second kappa shape index (κ2) is 9.45. The zero-order valence-corrected chi connectivity index (χ0v) is 18.1. The van der Waals surface area contributed by atoms with Crippen molar-refractivity contribution in [2.45, 2.75) is 20.8 Å². The van der Waals surface area contributed by atoms with Gasteiger partial charge in [0.1, 0.15) is 11.5 Å². The predicted octanol–water partition coefficient (Wildman–Crippen LogP) is 3.89. The number of likely N-dealkylation sites (N-methyl/N-ethyl adjacent to an activating group) is 1. The number of hydrogen-bond donors (Lipinski definition) is 0. The first-order chi connectivity index (χ1) is 12.9. The molecule has 0 fully saturated rings. The van der Waals surface area contributed by atoms with Gasteiger partial charge in [-0.15, -0.1) is 12.4 Å². The molecular weight excluding hydrogens is 401 g/mol. The van der Waals surface area contributed by atoms with Gasteiger partial charge in [-0.2, -0.15) is 5.10 Å². The SMILES string of the molecule is CCN(CC)CCN(C(=O)c1c(C)cnn1C)c1nc2ccc(F)cc2s1.Cl. The van der Waals surface area contributed by atoms with E-state index in [2.05, 4.69) is 28.8 Å². The van der Waals surface area contributed by atoms with E-state index in [1.807, 2.05) is 6.92 Å². The fourth-order valence-corrected chi connectivity index (χ4v) is 4.06. The summed E-state index contributed by atoms with van der Waals surface area (Å²) in [7, 11) is 1.76. The molecule has 0 saturated carbocycles. The molecule has 152 valence electrons. The maximum absolute atomic E-state index is 13.6. The van der Waals surface area contributed by atoms with Gasteiger partial charge in [0.2, 0.25) is 0 Å². The van der Waals surface area contributed by atoms with E-state index in [1.54, 1.807) is 28.9 Å². The molecule has 0 unspecified atom stereocenters. The summed E-state index contributed by atoms with van der Waals surface area (Å²) in [6, 6.07) is 4.49. The molecule has 0 N–H and O–H groups in total. The lowest BCUT2D eigenvalue weighted by Crippen LogP contribution is -2.39. The molecule has 1 amide bonds. The molecule has 0 aliphatic heterocycles. The van der Waals surface area contributed by atoms with Gasteiger partial charge in [-0.05, 0) is 43.8 Å². The zero-order valence-electron chi connectivity index (χ0n) is 16.5. The molecule has 28 heavy (non-hydrogen) atoms. The van der Waals surface area contributed by atoms with Crippen LogP contribution >= 0.6 is 23.7 Å². The summed E-state index contributed by atoms with van der Waals surface area (Å²) in [5, 5.41) is 4.76. The molecule has 3 rings (SSSR count). The van der Waals surface area contributed by atoms with Crippen molar-refractivity contribution in [1.82, 2.24) is 19.7 Å². The number of amides is 1. The van der Waals surface area contributed by atoms with Gasteiger partial charge < -0.3 is 4.90 Å². The van der Waals surface area contributed by atoms with E-state index in [0.29, 0.717) is 22.9 Å². The Morgan fingerprint density at radius 3 is 2.57 bits per heavy atom. The number of thiazole rings is 1. The van der Waals surface area contributed by atoms with Crippen molar-refractivity contribution in [2.75, 3.05) is 31.1 Å². The normalized spacial score (nSPS) is 11.1. The van der Waals surface area contributed by atoms with Crippen LogP contribution in [-0.4, -0.2) is 51.8 Å². The van der Waals surface area contributed by atoms with Crippen molar-refractivity contribution in [2.24, 2.45) is 7.05 Å². The molecule has 0 aliphatic carbocycles. The number of rotatable bonds is 7. The van der Waals surface area contributed by atoms with Crippen LogP contribution in [0.4, 0.5) is 9.52 Å². The summed E-state index contributed by atoms with van der Waals surface area (Å²) in [5.41, 5.74) is 2.06. The van der Waals surface area contributed by atoms with Crippen molar-refractivity contribution in [3.05, 3.63) is 41.5 Å². The lowest BCUT2D eigenvalue weighted by molar-refractivity contribution is 0.0974. The van der Waals surface area contributed by atoms with Gasteiger partial charge in [0, 0.05) is 20.1 Å². The standard InChI is InChI=1S/C19H24FN5OS.ClH/c1-5-24(6-2)9-10-25(18(26)17-13(3)12-21-23(17)4)19-22-15-8-7-14(20)11-16(15)27-19;/h7-8,11-12H,5-6,9-10H2,1-4H3;1H. The Morgan fingerprint density at radius 1 is 1.25 bits per heavy atom. The summed E-state index contributed by atoms with van der Waals surface area (Å²) in [6.07, 6.45) is 1.68. The Kier molecular flexibility index (Phi) is 7.51. The minimum absolute atomic E-state index is 0. The fourth-order valence-electron chi connectivity index (χ4n) is 3.05. The topological polar surface area (TPSA) is 54.3 Å². The van der Waals surface area contributed by atoms with Crippen LogP contribution in [0.25, 0.3) is 10.2 Å². The Hall–Kier alpha value is -2.03. The Morgan fingerprint density at radius 2 is 1.96 bits per heavy atom. The number of nitrogens with zero attached hydrogens (tertiary/aromatic N) is 5. The monoisotopic (exact) mass is 425 g/mol. The average molecular weight is 426 g/mol. The van der Waals surface area contributed by atoms with Crippen LogP contribution in [0, 0.1) is 12.7 Å². The Labute approximate surface area is 174 Å². The number of anilines is 1. The van der Waals surface area contributed by atoms with Crippen LogP contribution < -0.4 is 4.90 Å². The second-order valence-electron chi connectivity index (χ2n) is 6.39. The number of hydrogen-bond acceptors (Lipinski definition) is 5. The second-order valence-corrected chi connectivity index (χ2v) is 7.40. The lowest BCUT2D eigenvalue weighted by atomic mass is 10.2. The molecule has 3 aromatic rings. The number of halogens is 2. The van der Waals surface area contributed by atoms with E-state index in [4.69, 9.17) is 0 Å². The van der Waals surface area contributed by atoms with Crippen molar-refractivity contribution in [3.63, 3.8) is 0 Å². The van der Waals surface area contributed by atoms with Gasteiger partial charge in [-0.3, -0.25) is 14.4 Å². The highest BCUT2D eigenvalue weighted by Gasteiger charge is 2.25. The highest BCUT2D eigenvalue weighted by Crippen LogP contribution is 2.30. The van der Waals surface area contributed by atoms with Crippen molar-refractivity contribution in [1.29, 1.82) is 0 Å². The van der Waals surface area contributed by atoms with Crippen LogP contribution in [0.5, 0.6) is 0 Å². The van der Waals surface area contributed by atoms with Crippen LogP contribution in [-0.2, 0) is 7.05 Å². The molecule has 0 spiro atoms. The van der Waals surface area contributed by atoms with Crippen LogP contribution in [0.15, 0.2) is 24.4 Å². The van der Waals surface area contributed by atoms with Crippen molar-refractivity contribution in [3.8, 4) is 0 Å². The van der Waals surface area contributed by atoms with E-state index < -0.39 is 0 Å². The minimum atomic E-state index is -0.304. The predicted molar refractivity (Wildman–Crippen MR) is 114 cm³/mol. The van der Waals surface area contributed by atoms with Gasteiger partial charge in [-0.1, -0.05) is 25.2 Å². The van der Waals surface area contributed by atoms with E-state index >= 15 is 0 Å². The average Bonchev–Trinajstić information content (AvgIpc) is 3.20. The lowest BCUT2D eigenvalue weighted by Gasteiger charge is -2.25. The van der Waals surface area contributed by atoms with E-state index in [9.17, 15) is 9.18 Å². The first-order valence-electron chi connectivity index (χ1n) is 9.03. The Balaban J connectivity index is 0.00000280. The summed E-state index contributed by atoms with van der Waals surface area (Å²) >= 11 is 1.33. The number of aryl methyl sites for hydroxylation is 2. The highest BCUT2D eigenvalue weighted by molar-refractivity contribution is 7.22. The molecule has 0 atom stereocenters. The zero-order chi connectivity index (χ0) is 19.6. The fraction of sp³-hybridized carbons (Fsp3) is 0.421. The van der Waals surface area contributed by atoms with Crippen LogP contribution in [0.1, 0.15) is 29.9 Å². The smallest absolute Gasteiger partial charge is 0.278 e. The van der Waals surface area contributed by atoms with Gasteiger partial charge in [-0.25, -0.2) is 9.37 Å². The molecule has 0 radical (unpaired) electrons. The molecule has 2 aromatic heterocycles. The number of fused-ring (bicyclic) bond motifs is 1. The third-order valence-electron chi connectivity index (χ3n) is 4.67. The first kappa shape index (κ1) is 22.3. The number of aromatic nitrogens is 3. The molecule has 1 aromatic carbocycles. The summed E-state index contributed by atoms with van der Waals surface area (Å²) in [5.74, 6) is -0.444. The molecule has 0 bridgehead atoms. The summed E-state index contributed by atoms with van der Waals surface area (Å²) in [4.78, 5) is 21.8. The molecule has 0 aliphatic rings. The van der Waals surface area contributed by atoms with Crippen molar-refractivity contribution < 1.29 is 9.18 Å². The third-order valence-corrected chi connectivity index (χ3v) is 5.71. The van der Waals surface area contributed by atoms with E-state index in [0.717, 1.165) is 29.9 Å². The van der Waals surface area contributed by atoms with Gasteiger partial charge in [0.15, 0.2) is 5.13 Å². The molecule has 6 nitrogen and oxygen atoms in total. The minimum Gasteiger partial charge on any atom is -0.302 e. The Bertz CT molecular complexity index is 934. The molecule has 2 heterocycles. The maximum Gasteiger partial charge on any atom is 0.278 e. The van der Waals surface area contributed by atoms with Crippen molar-refractivity contribution >= 4 is 45.0 Å². The van der Waals surface area contributed by atoms with E-state index in [1.165, 1.54) is 23.5 Å². The van der Waals surface area contributed by atoms with Crippen LogP contribution in [0.3, 0.4) is 0 Å². The largest absolute Gasteiger partial charge is 0.302 e. The first-order valence-corrected chi connectivity index (χ1v) is 9.85. The number of benzene rings is 1. The third kappa shape index (κ3) is 4.51. The van der Waals surface area contributed by atoms with Gasteiger partial charge in [0.25, 0.3) is 5.91 Å². The quantitative estimate of drug-likeness (QED) is 0.576. The molecule has 9 heteroatoms. The summed E-state index contributed by atoms with van der Waals surface area (Å²) in [6.45, 7) is 9.13. The molecular formula is C19H25ClFN5OS. The maximum atomic E-state index is 13.6. The highest BCUT2D eigenvalue weighted by atomic mass is 35.5. The van der Waals surface area contributed by atoms with E-state index in [-0.39, 0.29) is 24.1 Å². The van der Waals surface area contributed by atoms with Crippen LogP contribution in [0.2, 0.25) is 0 Å². The summed E-state index contributed by atoms with van der Waals surface area (Å²) < 4.78 is 15.9. The number of carbonyl (C=O) groups is 1. The van der Waals surface area contributed by atoms with Gasteiger partial charge >= 0.3 is 0 Å². The number of carbonyl (C=O) groups excluding carboxylic acids is 1.